The van der Waals surface area contributed by atoms with E-state index >= 15 is 0 Å². The van der Waals surface area contributed by atoms with Gasteiger partial charge in [0, 0.05) is 23.9 Å². The van der Waals surface area contributed by atoms with Crippen molar-refractivity contribution in [2.75, 3.05) is 5.32 Å². The van der Waals surface area contributed by atoms with Crippen LogP contribution in [-0.4, -0.2) is 20.2 Å². The molecule has 0 saturated carbocycles. The Bertz CT molecular complexity index is 542. The molecule has 6 heteroatoms. The molecule has 0 fully saturated rings. The fourth-order valence-electron chi connectivity index (χ4n) is 1.41. The minimum absolute atomic E-state index is 0.154. The zero-order chi connectivity index (χ0) is 11.5. The predicted octanol–water partition coefficient (Wildman–Crippen LogP) is 0.722. The molecule has 84 valence electrons. The molecule has 0 atom stereocenters. The molecule has 6 nitrogen and oxygen atoms in total. The van der Waals surface area contributed by atoms with Crippen LogP contribution in [0.2, 0.25) is 0 Å². The quantitative estimate of drug-likeness (QED) is 0.710. The number of rotatable bonds is 3. The van der Waals surface area contributed by atoms with Crippen molar-refractivity contribution in [1.82, 2.24) is 20.2 Å². The van der Waals surface area contributed by atoms with E-state index in [-0.39, 0.29) is 5.56 Å². The SMILES string of the molecule is Cc1nc(NCc2cn[nH]c2C)cc(=O)[nH]1. The third kappa shape index (κ3) is 2.28. The Kier molecular flexibility index (Phi) is 2.72. The second kappa shape index (κ2) is 4.18. The van der Waals surface area contributed by atoms with Crippen molar-refractivity contribution in [3.63, 3.8) is 0 Å². The summed E-state index contributed by atoms with van der Waals surface area (Å²) in [5.41, 5.74) is 1.91. The fourth-order valence-corrected chi connectivity index (χ4v) is 1.41. The number of H-pyrrole nitrogens is 2. The third-order valence-corrected chi connectivity index (χ3v) is 2.25. The first-order valence-electron chi connectivity index (χ1n) is 4.96. The minimum Gasteiger partial charge on any atom is -0.366 e. The number of hydrogen-bond donors (Lipinski definition) is 3. The summed E-state index contributed by atoms with van der Waals surface area (Å²) in [6.07, 6.45) is 1.75. The molecule has 0 spiro atoms. The largest absolute Gasteiger partial charge is 0.366 e. The van der Waals surface area contributed by atoms with Crippen molar-refractivity contribution in [2.45, 2.75) is 20.4 Å². The molecule has 0 aromatic carbocycles. The van der Waals surface area contributed by atoms with Gasteiger partial charge in [-0.3, -0.25) is 9.89 Å². The second-order valence-electron chi connectivity index (χ2n) is 3.59. The van der Waals surface area contributed by atoms with E-state index < -0.39 is 0 Å². The molecule has 0 saturated heterocycles. The minimum atomic E-state index is -0.154. The zero-order valence-corrected chi connectivity index (χ0v) is 9.16. The summed E-state index contributed by atoms with van der Waals surface area (Å²) < 4.78 is 0. The molecular formula is C10H13N5O. The van der Waals surface area contributed by atoms with E-state index in [0.717, 1.165) is 11.3 Å². The zero-order valence-electron chi connectivity index (χ0n) is 9.16. The number of hydrogen-bond acceptors (Lipinski definition) is 4. The first-order valence-corrected chi connectivity index (χ1v) is 4.96. The van der Waals surface area contributed by atoms with Gasteiger partial charge in [-0.2, -0.15) is 5.10 Å². The summed E-state index contributed by atoms with van der Waals surface area (Å²) in [6, 6.07) is 1.43. The monoisotopic (exact) mass is 219 g/mol. The van der Waals surface area contributed by atoms with Gasteiger partial charge in [0.1, 0.15) is 11.6 Å². The number of aromatic nitrogens is 4. The van der Waals surface area contributed by atoms with Crippen LogP contribution in [-0.2, 0) is 6.54 Å². The van der Waals surface area contributed by atoms with Crippen LogP contribution in [0.15, 0.2) is 17.1 Å². The van der Waals surface area contributed by atoms with Crippen LogP contribution in [0.5, 0.6) is 0 Å². The van der Waals surface area contributed by atoms with Gasteiger partial charge in [0.2, 0.25) is 0 Å². The fraction of sp³-hybridized carbons (Fsp3) is 0.300. The van der Waals surface area contributed by atoms with Gasteiger partial charge in [0.25, 0.3) is 5.56 Å². The van der Waals surface area contributed by atoms with Gasteiger partial charge in [0.15, 0.2) is 0 Å². The van der Waals surface area contributed by atoms with Gasteiger partial charge in [0.05, 0.1) is 6.20 Å². The van der Waals surface area contributed by atoms with Crippen LogP contribution >= 0.6 is 0 Å². The summed E-state index contributed by atoms with van der Waals surface area (Å²) >= 11 is 0. The lowest BCUT2D eigenvalue weighted by Gasteiger charge is -2.04. The predicted molar refractivity (Wildman–Crippen MR) is 60.2 cm³/mol. The molecule has 0 aliphatic rings. The molecule has 3 N–H and O–H groups in total. The van der Waals surface area contributed by atoms with Gasteiger partial charge in [-0.15, -0.1) is 0 Å². The molecule has 0 unspecified atom stereocenters. The van der Waals surface area contributed by atoms with Crippen LogP contribution in [0.1, 0.15) is 17.1 Å². The van der Waals surface area contributed by atoms with Gasteiger partial charge in [-0.05, 0) is 13.8 Å². The van der Waals surface area contributed by atoms with E-state index in [0.29, 0.717) is 18.2 Å². The van der Waals surface area contributed by atoms with Gasteiger partial charge in [-0.1, -0.05) is 0 Å². The summed E-state index contributed by atoms with van der Waals surface area (Å²) in [5.74, 6) is 1.17. The van der Waals surface area contributed by atoms with Gasteiger partial charge in [-0.25, -0.2) is 4.98 Å². The average molecular weight is 219 g/mol. The molecule has 0 radical (unpaired) electrons. The lowest BCUT2D eigenvalue weighted by molar-refractivity contribution is 0.993. The topological polar surface area (TPSA) is 86.5 Å². The second-order valence-corrected chi connectivity index (χ2v) is 3.59. The molecule has 2 heterocycles. The van der Waals surface area contributed by atoms with Crippen LogP contribution in [0.4, 0.5) is 5.82 Å². The number of aromatic amines is 2. The molecule has 0 aliphatic carbocycles. The summed E-state index contributed by atoms with van der Waals surface area (Å²) in [5, 5.41) is 9.84. The van der Waals surface area contributed by atoms with Crippen molar-refractivity contribution in [3.05, 3.63) is 39.7 Å². The highest BCUT2D eigenvalue weighted by Gasteiger charge is 2.01. The summed E-state index contributed by atoms with van der Waals surface area (Å²) in [6.45, 7) is 4.29. The Morgan fingerprint density at radius 2 is 2.25 bits per heavy atom. The highest BCUT2D eigenvalue weighted by molar-refractivity contribution is 5.34. The van der Waals surface area contributed by atoms with Crippen molar-refractivity contribution >= 4 is 5.82 Å². The van der Waals surface area contributed by atoms with E-state index in [9.17, 15) is 4.79 Å². The van der Waals surface area contributed by atoms with E-state index in [1.807, 2.05) is 6.92 Å². The highest BCUT2D eigenvalue weighted by atomic mass is 16.1. The number of anilines is 1. The molecule has 2 aromatic rings. The first-order chi connectivity index (χ1) is 7.65. The lowest BCUT2D eigenvalue weighted by Crippen LogP contribution is -2.11. The Morgan fingerprint density at radius 3 is 2.88 bits per heavy atom. The molecular weight excluding hydrogens is 206 g/mol. The molecule has 0 aliphatic heterocycles. The Morgan fingerprint density at radius 1 is 1.44 bits per heavy atom. The molecule has 16 heavy (non-hydrogen) atoms. The lowest BCUT2D eigenvalue weighted by atomic mass is 10.2. The molecule has 0 bridgehead atoms. The van der Waals surface area contributed by atoms with Crippen LogP contribution in [0.25, 0.3) is 0 Å². The Hall–Kier alpha value is -2.11. The molecule has 0 amide bonds. The Labute approximate surface area is 92.1 Å². The number of aryl methyl sites for hydroxylation is 2. The van der Waals surface area contributed by atoms with Crippen molar-refractivity contribution in [2.24, 2.45) is 0 Å². The molecule has 2 rings (SSSR count). The smallest absolute Gasteiger partial charge is 0.252 e. The van der Waals surface area contributed by atoms with E-state index in [1.165, 1.54) is 6.07 Å². The van der Waals surface area contributed by atoms with Crippen molar-refractivity contribution in [3.8, 4) is 0 Å². The van der Waals surface area contributed by atoms with E-state index in [2.05, 4.69) is 25.5 Å². The number of nitrogens with one attached hydrogen (secondary N) is 3. The van der Waals surface area contributed by atoms with E-state index in [1.54, 1.807) is 13.1 Å². The average Bonchev–Trinajstić information content (AvgIpc) is 2.59. The van der Waals surface area contributed by atoms with Gasteiger partial charge >= 0.3 is 0 Å². The maximum absolute atomic E-state index is 11.2. The maximum Gasteiger partial charge on any atom is 0.252 e. The van der Waals surface area contributed by atoms with Gasteiger partial charge < -0.3 is 10.3 Å². The van der Waals surface area contributed by atoms with Crippen LogP contribution < -0.4 is 10.9 Å². The van der Waals surface area contributed by atoms with Crippen molar-refractivity contribution in [1.29, 1.82) is 0 Å². The summed E-state index contributed by atoms with van der Waals surface area (Å²) in [7, 11) is 0. The van der Waals surface area contributed by atoms with Crippen LogP contribution in [0, 0.1) is 13.8 Å². The molecule has 2 aromatic heterocycles. The first kappa shape index (κ1) is 10.4. The number of nitrogens with zero attached hydrogens (tertiary/aromatic N) is 2. The van der Waals surface area contributed by atoms with E-state index in [4.69, 9.17) is 0 Å². The van der Waals surface area contributed by atoms with Crippen molar-refractivity contribution < 1.29 is 0 Å². The third-order valence-electron chi connectivity index (χ3n) is 2.25. The highest BCUT2D eigenvalue weighted by Crippen LogP contribution is 2.06. The normalized spacial score (nSPS) is 10.4. The summed E-state index contributed by atoms with van der Waals surface area (Å²) in [4.78, 5) is 17.9. The standard InChI is InChI=1S/C10H13N5O/c1-6-8(5-12-15-6)4-11-9-3-10(16)14-7(2)13-9/h3,5H,4H2,1-2H3,(H,12,15)(H2,11,13,14,16). The van der Waals surface area contributed by atoms with Crippen LogP contribution in [0.3, 0.4) is 0 Å². The maximum atomic E-state index is 11.2. The Balaban J connectivity index is 2.10.